The molecule has 3 rings (SSSR count). The van der Waals surface area contributed by atoms with Gasteiger partial charge >= 0.3 is 0 Å². The molecule has 0 aliphatic rings. The number of rotatable bonds is 5. The van der Waals surface area contributed by atoms with E-state index in [1.165, 1.54) is 11.6 Å². The highest BCUT2D eigenvalue weighted by Crippen LogP contribution is 2.30. The van der Waals surface area contributed by atoms with Gasteiger partial charge in [0.1, 0.15) is 23.2 Å². The molecule has 0 saturated carbocycles. The Balaban J connectivity index is 1.77. The zero-order chi connectivity index (χ0) is 21.0. The van der Waals surface area contributed by atoms with Gasteiger partial charge in [-0.05, 0) is 53.9 Å². The van der Waals surface area contributed by atoms with Gasteiger partial charge in [0.2, 0.25) is 0 Å². The highest BCUT2D eigenvalue weighted by molar-refractivity contribution is 6.42. The van der Waals surface area contributed by atoms with Crippen molar-refractivity contribution in [3.05, 3.63) is 81.5 Å². The van der Waals surface area contributed by atoms with Crippen LogP contribution < -0.4 is 5.32 Å². The summed E-state index contributed by atoms with van der Waals surface area (Å²) >= 11 is 12.0. The number of furan rings is 1. The molecule has 6 heteroatoms. The lowest BCUT2D eigenvalue weighted by Gasteiger charge is -2.08. The van der Waals surface area contributed by atoms with Crippen LogP contribution in [0.5, 0.6) is 0 Å². The molecule has 0 spiro atoms. The van der Waals surface area contributed by atoms with E-state index < -0.39 is 5.91 Å². The van der Waals surface area contributed by atoms with E-state index in [0.29, 0.717) is 33.2 Å². The third-order valence-corrected chi connectivity index (χ3v) is 5.06. The number of carbonyl (C=O) groups excluding carboxylic acids is 1. The Morgan fingerprint density at radius 1 is 1.07 bits per heavy atom. The van der Waals surface area contributed by atoms with Gasteiger partial charge in [0.15, 0.2) is 0 Å². The zero-order valence-corrected chi connectivity index (χ0v) is 17.4. The molecular weight excluding hydrogens is 407 g/mol. The van der Waals surface area contributed by atoms with Crippen LogP contribution in [0.1, 0.15) is 31.1 Å². The van der Waals surface area contributed by atoms with Crippen LogP contribution in [0.4, 0.5) is 5.69 Å². The van der Waals surface area contributed by atoms with Gasteiger partial charge in [-0.25, -0.2) is 0 Å². The third kappa shape index (κ3) is 5.08. The van der Waals surface area contributed by atoms with Gasteiger partial charge in [-0.15, -0.1) is 0 Å². The summed E-state index contributed by atoms with van der Waals surface area (Å²) in [5.74, 6) is 0.833. The molecule has 1 aromatic heterocycles. The van der Waals surface area contributed by atoms with Crippen molar-refractivity contribution in [2.75, 3.05) is 5.32 Å². The summed E-state index contributed by atoms with van der Waals surface area (Å²) in [4.78, 5) is 12.5. The quantitative estimate of drug-likeness (QED) is 0.356. The first kappa shape index (κ1) is 20.7. The van der Waals surface area contributed by atoms with Gasteiger partial charge in [-0.2, -0.15) is 5.26 Å². The van der Waals surface area contributed by atoms with Crippen LogP contribution >= 0.6 is 23.2 Å². The molecule has 3 aromatic rings. The number of nitrogens with zero attached hydrogens (tertiary/aromatic N) is 1. The summed E-state index contributed by atoms with van der Waals surface area (Å²) in [7, 11) is 0. The summed E-state index contributed by atoms with van der Waals surface area (Å²) < 4.78 is 5.73. The van der Waals surface area contributed by atoms with Crippen molar-refractivity contribution in [3.8, 4) is 17.4 Å². The summed E-state index contributed by atoms with van der Waals surface area (Å²) in [5, 5.41) is 13.0. The average Bonchev–Trinajstić information content (AvgIpc) is 3.17. The molecule has 4 nitrogen and oxygen atoms in total. The molecule has 0 bridgehead atoms. The van der Waals surface area contributed by atoms with Crippen molar-refractivity contribution in [2.45, 2.75) is 19.8 Å². The number of anilines is 1. The van der Waals surface area contributed by atoms with Crippen molar-refractivity contribution < 1.29 is 9.21 Å². The van der Waals surface area contributed by atoms with Crippen molar-refractivity contribution in [3.63, 3.8) is 0 Å². The minimum absolute atomic E-state index is 0.0621. The monoisotopic (exact) mass is 424 g/mol. The van der Waals surface area contributed by atoms with Gasteiger partial charge in [0.05, 0.1) is 10.0 Å². The molecule has 0 radical (unpaired) electrons. The van der Waals surface area contributed by atoms with E-state index in [4.69, 9.17) is 27.6 Å². The van der Waals surface area contributed by atoms with Gasteiger partial charge in [0.25, 0.3) is 5.91 Å². The number of hydrogen-bond donors (Lipinski definition) is 1. The van der Waals surface area contributed by atoms with E-state index in [2.05, 4.69) is 19.2 Å². The minimum Gasteiger partial charge on any atom is -0.457 e. The van der Waals surface area contributed by atoms with E-state index in [0.717, 1.165) is 5.56 Å². The molecule has 1 amide bonds. The fraction of sp³-hybridized carbons (Fsp3) is 0.130. The maximum absolute atomic E-state index is 12.5. The Bertz CT molecular complexity index is 1110. The second kappa shape index (κ2) is 9.00. The molecule has 1 N–H and O–H groups in total. The number of benzene rings is 2. The van der Waals surface area contributed by atoms with Crippen molar-refractivity contribution in [1.29, 1.82) is 5.26 Å². The maximum atomic E-state index is 12.5. The fourth-order valence-electron chi connectivity index (χ4n) is 2.68. The molecule has 0 fully saturated rings. The van der Waals surface area contributed by atoms with Crippen molar-refractivity contribution in [1.82, 2.24) is 0 Å². The first-order valence-electron chi connectivity index (χ1n) is 8.95. The van der Waals surface area contributed by atoms with E-state index in [1.807, 2.05) is 30.3 Å². The number of nitriles is 1. The maximum Gasteiger partial charge on any atom is 0.266 e. The third-order valence-electron chi connectivity index (χ3n) is 4.32. The van der Waals surface area contributed by atoms with Gasteiger partial charge in [-0.1, -0.05) is 49.2 Å². The van der Waals surface area contributed by atoms with Gasteiger partial charge < -0.3 is 9.73 Å². The number of nitrogens with one attached hydrogen (secondary N) is 1. The molecule has 0 aliphatic heterocycles. The van der Waals surface area contributed by atoms with Crippen LogP contribution in [0.25, 0.3) is 17.4 Å². The largest absolute Gasteiger partial charge is 0.457 e. The van der Waals surface area contributed by atoms with Crippen molar-refractivity contribution >= 4 is 40.9 Å². The Hall–Kier alpha value is -3.00. The van der Waals surface area contributed by atoms with Crippen LogP contribution in [0.3, 0.4) is 0 Å². The lowest BCUT2D eigenvalue weighted by atomic mass is 10.0. The second-order valence-electron chi connectivity index (χ2n) is 6.73. The van der Waals surface area contributed by atoms with Crippen LogP contribution in [0.15, 0.2) is 64.6 Å². The summed E-state index contributed by atoms with van der Waals surface area (Å²) in [6.45, 7) is 4.19. The highest BCUT2D eigenvalue weighted by Gasteiger charge is 2.12. The number of amides is 1. The Labute approximate surface area is 179 Å². The molecule has 2 aromatic carbocycles. The van der Waals surface area contributed by atoms with Crippen LogP contribution in [0.2, 0.25) is 10.0 Å². The van der Waals surface area contributed by atoms with E-state index >= 15 is 0 Å². The molecular formula is C23H18Cl2N2O2. The molecule has 0 unspecified atom stereocenters. The first-order chi connectivity index (χ1) is 13.9. The van der Waals surface area contributed by atoms with Crippen LogP contribution in [0, 0.1) is 11.3 Å². The lowest BCUT2D eigenvalue weighted by molar-refractivity contribution is -0.112. The second-order valence-corrected chi connectivity index (χ2v) is 7.55. The molecule has 146 valence electrons. The molecule has 1 heterocycles. The number of carbonyl (C=O) groups is 1. The predicted octanol–water partition coefficient (Wildman–Crippen LogP) is 6.92. The molecule has 29 heavy (non-hydrogen) atoms. The Morgan fingerprint density at radius 3 is 2.41 bits per heavy atom. The fourth-order valence-corrected chi connectivity index (χ4v) is 2.97. The normalized spacial score (nSPS) is 11.4. The number of halogens is 2. The SMILES string of the molecule is CC(C)c1ccc(NC(=O)C(C#N)=Cc2ccc(-c3ccc(Cl)c(Cl)c3)o2)cc1. The summed E-state index contributed by atoms with van der Waals surface area (Å²) in [6.07, 6.45) is 1.40. The highest BCUT2D eigenvalue weighted by atomic mass is 35.5. The Morgan fingerprint density at radius 2 is 1.79 bits per heavy atom. The predicted molar refractivity (Wildman–Crippen MR) is 117 cm³/mol. The van der Waals surface area contributed by atoms with E-state index in [-0.39, 0.29) is 5.57 Å². The van der Waals surface area contributed by atoms with Gasteiger partial charge in [-0.3, -0.25) is 4.79 Å². The topological polar surface area (TPSA) is 66.0 Å². The smallest absolute Gasteiger partial charge is 0.266 e. The Kier molecular flexibility index (Phi) is 6.43. The molecule has 0 atom stereocenters. The summed E-state index contributed by atoms with van der Waals surface area (Å²) in [5.41, 5.74) is 2.47. The average molecular weight is 425 g/mol. The molecule has 0 saturated heterocycles. The molecule has 0 aliphatic carbocycles. The summed E-state index contributed by atoms with van der Waals surface area (Å²) in [6, 6.07) is 18.0. The van der Waals surface area contributed by atoms with Crippen LogP contribution in [-0.4, -0.2) is 5.91 Å². The standard InChI is InChI=1S/C23H18Cl2N2O2/c1-14(2)15-3-6-18(7-4-15)27-23(28)17(13-26)11-19-8-10-22(29-19)16-5-9-20(24)21(25)12-16/h3-12,14H,1-2H3,(H,27,28). The minimum atomic E-state index is -0.503. The van der Waals surface area contributed by atoms with Gasteiger partial charge in [0, 0.05) is 17.3 Å². The van der Waals surface area contributed by atoms with Crippen molar-refractivity contribution in [2.24, 2.45) is 0 Å². The lowest BCUT2D eigenvalue weighted by Crippen LogP contribution is -2.13. The number of hydrogen-bond acceptors (Lipinski definition) is 3. The van der Waals surface area contributed by atoms with E-state index in [9.17, 15) is 10.1 Å². The van der Waals surface area contributed by atoms with Crippen LogP contribution in [-0.2, 0) is 4.79 Å². The first-order valence-corrected chi connectivity index (χ1v) is 9.71. The van der Waals surface area contributed by atoms with E-state index in [1.54, 1.807) is 30.3 Å². The zero-order valence-electron chi connectivity index (χ0n) is 15.9.